The number of benzene rings is 2. The summed E-state index contributed by atoms with van der Waals surface area (Å²) in [5.41, 5.74) is 6.08. The van der Waals surface area contributed by atoms with E-state index in [-0.39, 0.29) is 23.9 Å². The van der Waals surface area contributed by atoms with Gasteiger partial charge >= 0.3 is 0 Å². The molecule has 0 bridgehead atoms. The number of pyridine rings is 1. The molecular formula is C22H19ClN4O4. The number of carbonyl (C=O) groups excluding carboxylic acids is 3. The third kappa shape index (κ3) is 6.28. The van der Waals surface area contributed by atoms with Crippen LogP contribution >= 0.6 is 11.6 Å². The lowest BCUT2D eigenvalue weighted by Gasteiger charge is -2.09. The van der Waals surface area contributed by atoms with Crippen LogP contribution in [0, 0.1) is 0 Å². The van der Waals surface area contributed by atoms with E-state index in [2.05, 4.69) is 21.2 Å². The van der Waals surface area contributed by atoms with Gasteiger partial charge < -0.3 is 10.1 Å². The van der Waals surface area contributed by atoms with E-state index in [0.717, 1.165) is 5.56 Å². The molecule has 0 aliphatic carbocycles. The SMILES string of the molecule is CNC(=O)c1cc(Oc2ccc(CC(=O)NNC(=O)c3ccc(Cl)cc3)cc2)ccn1. The van der Waals surface area contributed by atoms with Gasteiger partial charge in [0.05, 0.1) is 6.42 Å². The molecule has 0 spiro atoms. The Morgan fingerprint density at radius 3 is 2.29 bits per heavy atom. The fourth-order valence-corrected chi connectivity index (χ4v) is 2.69. The van der Waals surface area contributed by atoms with E-state index in [1.54, 1.807) is 54.6 Å². The second kappa shape index (κ2) is 10.2. The molecule has 3 rings (SSSR count). The highest BCUT2D eigenvalue weighted by atomic mass is 35.5. The van der Waals surface area contributed by atoms with Crippen molar-refractivity contribution in [2.24, 2.45) is 0 Å². The molecule has 0 aliphatic heterocycles. The smallest absolute Gasteiger partial charge is 0.269 e. The maximum atomic E-state index is 12.1. The number of ether oxygens (including phenoxy) is 1. The monoisotopic (exact) mass is 438 g/mol. The van der Waals surface area contributed by atoms with Gasteiger partial charge in [-0.05, 0) is 48.0 Å². The molecule has 0 saturated carbocycles. The first-order valence-electron chi connectivity index (χ1n) is 9.24. The van der Waals surface area contributed by atoms with E-state index in [1.165, 1.54) is 19.3 Å². The van der Waals surface area contributed by atoms with Crippen LogP contribution in [0.3, 0.4) is 0 Å². The quantitative estimate of drug-likeness (QED) is 0.513. The van der Waals surface area contributed by atoms with Crippen LogP contribution in [0.4, 0.5) is 0 Å². The second-order valence-corrected chi connectivity index (χ2v) is 6.82. The molecule has 0 radical (unpaired) electrons. The van der Waals surface area contributed by atoms with E-state index in [1.807, 2.05) is 0 Å². The summed E-state index contributed by atoms with van der Waals surface area (Å²) in [5.74, 6) is -0.129. The fourth-order valence-electron chi connectivity index (χ4n) is 2.57. The van der Waals surface area contributed by atoms with Crippen LogP contribution < -0.4 is 20.9 Å². The molecule has 1 aromatic heterocycles. The van der Waals surface area contributed by atoms with E-state index in [0.29, 0.717) is 22.1 Å². The number of aromatic nitrogens is 1. The third-order valence-corrected chi connectivity index (χ3v) is 4.39. The normalized spacial score (nSPS) is 10.1. The number of rotatable bonds is 6. The number of nitrogens with zero attached hydrogens (tertiary/aromatic N) is 1. The highest BCUT2D eigenvalue weighted by molar-refractivity contribution is 6.30. The van der Waals surface area contributed by atoms with Gasteiger partial charge in [-0.1, -0.05) is 23.7 Å². The van der Waals surface area contributed by atoms with Crippen molar-refractivity contribution >= 4 is 29.3 Å². The molecule has 0 saturated heterocycles. The molecule has 31 heavy (non-hydrogen) atoms. The van der Waals surface area contributed by atoms with E-state index in [4.69, 9.17) is 16.3 Å². The fraction of sp³-hybridized carbons (Fsp3) is 0.0909. The Kier molecular flexibility index (Phi) is 7.18. The van der Waals surface area contributed by atoms with E-state index >= 15 is 0 Å². The number of nitrogens with one attached hydrogen (secondary N) is 3. The number of amides is 3. The molecule has 0 aliphatic rings. The number of halogens is 1. The number of carbonyl (C=O) groups is 3. The molecule has 0 fully saturated rings. The van der Waals surface area contributed by atoms with Crippen LogP contribution in [0.25, 0.3) is 0 Å². The summed E-state index contributed by atoms with van der Waals surface area (Å²) in [7, 11) is 1.52. The predicted octanol–water partition coefficient (Wildman–Crippen LogP) is 2.89. The Labute approximate surface area is 183 Å². The molecule has 0 atom stereocenters. The number of hydrazine groups is 1. The molecule has 158 valence electrons. The summed E-state index contributed by atoms with van der Waals surface area (Å²) in [6.07, 6.45) is 1.55. The largest absolute Gasteiger partial charge is 0.457 e. The van der Waals surface area contributed by atoms with Crippen molar-refractivity contribution in [1.82, 2.24) is 21.2 Å². The first-order chi connectivity index (χ1) is 14.9. The van der Waals surface area contributed by atoms with Gasteiger partial charge in [-0.2, -0.15) is 0 Å². The summed E-state index contributed by atoms with van der Waals surface area (Å²) < 4.78 is 5.72. The minimum atomic E-state index is -0.442. The topological polar surface area (TPSA) is 109 Å². The lowest BCUT2D eigenvalue weighted by atomic mass is 10.1. The van der Waals surface area contributed by atoms with Gasteiger partial charge in [-0.25, -0.2) is 0 Å². The van der Waals surface area contributed by atoms with Crippen LogP contribution in [0.15, 0.2) is 66.9 Å². The molecule has 2 aromatic carbocycles. The van der Waals surface area contributed by atoms with Crippen molar-refractivity contribution in [3.8, 4) is 11.5 Å². The zero-order valence-electron chi connectivity index (χ0n) is 16.5. The Hall–Kier alpha value is -3.91. The molecule has 3 N–H and O–H groups in total. The van der Waals surface area contributed by atoms with Crippen molar-refractivity contribution in [2.75, 3.05) is 7.05 Å². The lowest BCUT2D eigenvalue weighted by molar-refractivity contribution is -0.121. The Bertz CT molecular complexity index is 1090. The highest BCUT2D eigenvalue weighted by Crippen LogP contribution is 2.22. The summed E-state index contributed by atoms with van der Waals surface area (Å²) in [6.45, 7) is 0. The molecule has 0 unspecified atom stereocenters. The lowest BCUT2D eigenvalue weighted by Crippen LogP contribution is -2.42. The van der Waals surface area contributed by atoms with Gasteiger partial charge in [0.1, 0.15) is 17.2 Å². The molecule has 3 amide bonds. The molecule has 8 nitrogen and oxygen atoms in total. The predicted molar refractivity (Wildman–Crippen MR) is 115 cm³/mol. The summed E-state index contributed by atoms with van der Waals surface area (Å²) >= 11 is 5.79. The molecule has 1 heterocycles. The van der Waals surface area contributed by atoms with Crippen molar-refractivity contribution in [3.63, 3.8) is 0 Å². The molecule has 3 aromatic rings. The number of hydrogen-bond donors (Lipinski definition) is 3. The van der Waals surface area contributed by atoms with Gasteiger partial charge in [-0.3, -0.25) is 30.2 Å². The first-order valence-corrected chi connectivity index (χ1v) is 9.62. The van der Waals surface area contributed by atoms with Gasteiger partial charge in [0.2, 0.25) is 5.91 Å². The van der Waals surface area contributed by atoms with Crippen molar-refractivity contribution < 1.29 is 19.1 Å². The maximum absolute atomic E-state index is 12.1. The van der Waals surface area contributed by atoms with Crippen LogP contribution in [0.5, 0.6) is 11.5 Å². The minimum absolute atomic E-state index is 0.0667. The van der Waals surface area contributed by atoms with Gasteiger partial charge in [0.25, 0.3) is 11.8 Å². The summed E-state index contributed by atoms with van der Waals surface area (Å²) in [4.78, 5) is 39.7. The molecular weight excluding hydrogens is 420 g/mol. The van der Waals surface area contributed by atoms with Crippen LogP contribution in [0.1, 0.15) is 26.4 Å². The Morgan fingerprint density at radius 2 is 1.61 bits per heavy atom. The zero-order chi connectivity index (χ0) is 22.2. The van der Waals surface area contributed by atoms with Gasteiger partial charge in [-0.15, -0.1) is 0 Å². The third-order valence-electron chi connectivity index (χ3n) is 4.14. The standard InChI is InChI=1S/C22H19ClN4O4/c1-24-22(30)19-13-18(10-11-25-19)31-17-8-2-14(3-9-17)12-20(28)26-27-21(29)15-4-6-16(23)7-5-15/h2-11,13H,12H2,1H3,(H,24,30)(H,26,28)(H,27,29). The van der Waals surface area contributed by atoms with Crippen molar-refractivity contribution in [2.45, 2.75) is 6.42 Å². The van der Waals surface area contributed by atoms with Gasteiger partial charge in [0.15, 0.2) is 0 Å². The highest BCUT2D eigenvalue weighted by Gasteiger charge is 2.09. The van der Waals surface area contributed by atoms with Crippen molar-refractivity contribution in [3.05, 3.63) is 88.7 Å². The summed E-state index contributed by atoms with van der Waals surface area (Å²) in [5, 5.41) is 3.02. The Morgan fingerprint density at radius 1 is 0.903 bits per heavy atom. The van der Waals surface area contributed by atoms with Crippen molar-refractivity contribution in [1.29, 1.82) is 0 Å². The van der Waals surface area contributed by atoms with E-state index in [9.17, 15) is 14.4 Å². The van der Waals surface area contributed by atoms with E-state index < -0.39 is 5.91 Å². The zero-order valence-corrected chi connectivity index (χ0v) is 17.3. The summed E-state index contributed by atoms with van der Waals surface area (Å²) in [6, 6.07) is 16.3. The minimum Gasteiger partial charge on any atom is -0.457 e. The Balaban J connectivity index is 1.52. The first kappa shape index (κ1) is 21.8. The maximum Gasteiger partial charge on any atom is 0.269 e. The molecule has 9 heteroatoms. The second-order valence-electron chi connectivity index (χ2n) is 6.39. The average Bonchev–Trinajstić information content (AvgIpc) is 2.79. The average molecular weight is 439 g/mol. The van der Waals surface area contributed by atoms with Crippen LogP contribution in [-0.2, 0) is 11.2 Å². The van der Waals surface area contributed by atoms with Crippen LogP contribution in [-0.4, -0.2) is 29.8 Å². The van der Waals surface area contributed by atoms with Gasteiger partial charge in [0, 0.05) is 29.9 Å². The van der Waals surface area contributed by atoms with Crippen LogP contribution in [0.2, 0.25) is 5.02 Å². The number of hydrogen-bond acceptors (Lipinski definition) is 5.